The van der Waals surface area contributed by atoms with Gasteiger partial charge in [-0.1, -0.05) is 15.9 Å². The van der Waals surface area contributed by atoms with Crippen LogP contribution in [0.5, 0.6) is 0 Å². The lowest BCUT2D eigenvalue weighted by Crippen LogP contribution is -2.45. The monoisotopic (exact) mass is 535 g/mol. The number of aliphatic imine (C=N–C) groups is 1. The number of nitrogens with one attached hydrogen (secondary N) is 2. The quantitative estimate of drug-likeness (QED) is 0.254. The molecule has 3 rings (SSSR count). The average Bonchev–Trinajstić information content (AvgIpc) is 3.30. The number of benzene rings is 1. The molecule has 1 unspecified atom stereocenters. The first-order valence-electron chi connectivity index (χ1n) is 9.44. The van der Waals surface area contributed by atoms with Crippen molar-refractivity contribution in [1.82, 2.24) is 15.5 Å². The van der Waals surface area contributed by atoms with Crippen molar-refractivity contribution in [3.8, 4) is 0 Å². The molecule has 2 saturated heterocycles. The Morgan fingerprint density at radius 2 is 1.92 bits per heavy atom. The Balaban J connectivity index is 0.00000243. The van der Waals surface area contributed by atoms with Gasteiger partial charge in [0, 0.05) is 42.9 Å². The fourth-order valence-electron chi connectivity index (χ4n) is 3.67. The van der Waals surface area contributed by atoms with Gasteiger partial charge < -0.3 is 20.4 Å². The van der Waals surface area contributed by atoms with Crippen LogP contribution in [-0.2, 0) is 0 Å². The molecule has 2 aliphatic heterocycles. The van der Waals surface area contributed by atoms with Gasteiger partial charge >= 0.3 is 0 Å². The topological polar surface area (TPSA) is 42.9 Å². The number of likely N-dealkylation sites (tertiary alicyclic amines) is 1. The normalized spacial score (nSPS) is 20.9. The van der Waals surface area contributed by atoms with Crippen molar-refractivity contribution in [1.29, 1.82) is 0 Å². The summed E-state index contributed by atoms with van der Waals surface area (Å²) in [7, 11) is 1.86. The first kappa shape index (κ1) is 21.8. The molecule has 0 spiro atoms. The standard InChI is InChI=1S/C19H30BrN5.HI/c1-21-19(22-10-4-13-24-11-2-3-12-24)23-17-9-14-25(15-17)18-7-5-16(20)6-8-18;/h5-8,17H,2-4,9-15H2,1H3,(H2,21,22,23);1H. The molecule has 1 atom stereocenters. The number of anilines is 1. The maximum atomic E-state index is 4.39. The van der Waals surface area contributed by atoms with E-state index in [0.29, 0.717) is 6.04 Å². The Hall–Kier alpha value is -0.540. The van der Waals surface area contributed by atoms with Crippen LogP contribution in [0.15, 0.2) is 33.7 Å². The SMILES string of the molecule is CN=C(NCCCN1CCCC1)NC1CCN(c2ccc(Br)cc2)C1.I. The van der Waals surface area contributed by atoms with Gasteiger partial charge in [-0.05, 0) is 69.6 Å². The second-order valence-corrected chi connectivity index (χ2v) is 7.87. The molecule has 2 heterocycles. The van der Waals surface area contributed by atoms with Gasteiger partial charge in [0.05, 0.1) is 0 Å². The molecule has 2 aliphatic rings. The van der Waals surface area contributed by atoms with Gasteiger partial charge in [-0.15, -0.1) is 24.0 Å². The number of hydrogen-bond acceptors (Lipinski definition) is 3. The molecule has 0 amide bonds. The van der Waals surface area contributed by atoms with Crippen LogP contribution in [0.1, 0.15) is 25.7 Å². The molecule has 1 aromatic carbocycles. The van der Waals surface area contributed by atoms with Gasteiger partial charge in [0.25, 0.3) is 0 Å². The second kappa shape index (κ2) is 11.3. The van der Waals surface area contributed by atoms with E-state index in [2.05, 4.69) is 65.6 Å². The highest BCUT2D eigenvalue weighted by molar-refractivity contribution is 14.0. The van der Waals surface area contributed by atoms with Crippen molar-refractivity contribution in [2.45, 2.75) is 31.7 Å². The highest BCUT2D eigenvalue weighted by Crippen LogP contribution is 2.22. The minimum absolute atomic E-state index is 0. The summed E-state index contributed by atoms with van der Waals surface area (Å²) in [5, 5.41) is 7.05. The van der Waals surface area contributed by atoms with Gasteiger partial charge in [0.2, 0.25) is 0 Å². The van der Waals surface area contributed by atoms with E-state index in [9.17, 15) is 0 Å². The molecule has 2 N–H and O–H groups in total. The van der Waals surface area contributed by atoms with Crippen LogP contribution in [-0.4, -0.2) is 63.2 Å². The van der Waals surface area contributed by atoms with Gasteiger partial charge in [-0.3, -0.25) is 4.99 Å². The molecule has 26 heavy (non-hydrogen) atoms. The Morgan fingerprint density at radius 1 is 1.19 bits per heavy atom. The number of hydrogen-bond donors (Lipinski definition) is 2. The smallest absolute Gasteiger partial charge is 0.191 e. The predicted octanol–water partition coefficient (Wildman–Crippen LogP) is 3.30. The highest BCUT2D eigenvalue weighted by atomic mass is 127. The molecule has 146 valence electrons. The summed E-state index contributed by atoms with van der Waals surface area (Å²) < 4.78 is 1.13. The van der Waals surface area contributed by atoms with Crippen molar-refractivity contribution in [3.63, 3.8) is 0 Å². The highest BCUT2D eigenvalue weighted by Gasteiger charge is 2.23. The molecule has 2 fully saturated rings. The Bertz CT molecular complexity index is 560. The van der Waals surface area contributed by atoms with Crippen LogP contribution in [0, 0.1) is 0 Å². The summed E-state index contributed by atoms with van der Waals surface area (Å²) in [6, 6.07) is 9.03. The number of nitrogens with zero attached hydrogens (tertiary/aromatic N) is 3. The van der Waals surface area contributed by atoms with E-state index >= 15 is 0 Å². The summed E-state index contributed by atoms with van der Waals surface area (Å²) in [6.45, 7) is 6.85. The van der Waals surface area contributed by atoms with Crippen molar-refractivity contribution < 1.29 is 0 Å². The second-order valence-electron chi connectivity index (χ2n) is 6.95. The van der Waals surface area contributed by atoms with E-state index in [0.717, 1.165) is 36.5 Å². The van der Waals surface area contributed by atoms with Crippen molar-refractivity contribution >= 4 is 51.6 Å². The minimum Gasteiger partial charge on any atom is -0.369 e. The van der Waals surface area contributed by atoms with Crippen LogP contribution >= 0.6 is 39.9 Å². The van der Waals surface area contributed by atoms with E-state index in [4.69, 9.17) is 0 Å². The third kappa shape index (κ3) is 6.56. The molecule has 0 saturated carbocycles. The molecule has 0 aromatic heterocycles. The van der Waals surface area contributed by atoms with Crippen molar-refractivity contribution in [3.05, 3.63) is 28.7 Å². The summed E-state index contributed by atoms with van der Waals surface area (Å²) in [5.41, 5.74) is 1.29. The summed E-state index contributed by atoms with van der Waals surface area (Å²) in [5.74, 6) is 0.934. The molecule has 0 radical (unpaired) electrons. The van der Waals surface area contributed by atoms with E-state index in [1.807, 2.05) is 7.05 Å². The minimum atomic E-state index is 0. The summed E-state index contributed by atoms with van der Waals surface area (Å²) in [6.07, 6.45) is 5.06. The maximum absolute atomic E-state index is 4.39. The number of halogens is 2. The lowest BCUT2D eigenvalue weighted by Gasteiger charge is -2.21. The number of rotatable bonds is 6. The van der Waals surface area contributed by atoms with Crippen LogP contribution < -0.4 is 15.5 Å². The Kier molecular flexibility index (Phi) is 9.49. The molecular formula is C19H31BrIN5. The predicted molar refractivity (Wildman–Crippen MR) is 125 cm³/mol. The average molecular weight is 536 g/mol. The Labute approximate surface area is 183 Å². The molecular weight excluding hydrogens is 505 g/mol. The van der Waals surface area contributed by atoms with Crippen molar-refractivity contribution in [2.24, 2.45) is 4.99 Å². The van der Waals surface area contributed by atoms with E-state index < -0.39 is 0 Å². The largest absolute Gasteiger partial charge is 0.369 e. The molecule has 7 heteroatoms. The van der Waals surface area contributed by atoms with Gasteiger partial charge in [-0.2, -0.15) is 0 Å². The zero-order valence-electron chi connectivity index (χ0n) is 15.6. The third-order valence-electron chi connectivity index (χ3n) is 5.09. The molecule has 5 nitrogen and oxygen atoms in total. The summed E-state index contributed by atoms with van der Waals surface area (Å²) >= 11 is 3.50. The van der Waals surface area contributed by atoms with Crippen LogP contribution in [0.25, 0.3) is 0 Å². The lowest BCUT2D eigenvalue weighted by molar-refractivity contribution is 0.334. The molecule has 1 aromatic rings. The molecule has 0 aliphatic carbocycles. The first-order chi connectivity index (χ1) is 12.2. The lowest BCUT2D eigenvalue weighted by atomic mass is 10.2. The zero-order valence-corrected chi connectivity index (χ0v) is 19.5. The summed E-state index contributed by atoms with van der Waals surface area (Å²) in [4.78, 5) is 9.38. The fraction of sp³-hybridized carbons (Fsp3) is 0.632. The maximum Gasteiger partial charge on any atom is 0.191 e. The van der Waals surface area contributed by atoms with E-state index in [1.54, 1.807) is 0 Å². The third-order valence-corrected chi connectivity index (χ3v) is 5.62. The van der Waals surface area contributed by atoms with Gasteiger partial charge in [-0.25, -0.2) is 0 Å². The van der Waals surface area contributed by atoms with Crippen molar-refractivity contribution in [2.75, 3.05) is 51.2 Å². The zero-order chi connectivity index (χ0) is 17.5. The van der Waals surface area contributed by atoms with Gasteiger partial charge in [0.15, 0.2) is 5.96 Å². The first-order valence-corrected chi connectivity index (χ1v) is 10.2. The van der Waals surface area contributed by atoms with Crippen LogP contribution in [0.2, 0.25) is 0 Å². The Morgan fingerprint density at radius 3 is 2.62 bits per heavy atom. The van der Waals surface area contributed by atoms with Gasteiger partial charge in [0.1, 0.15) is 0 Å². The van der Waals surface area contributed by atoms with Crippen LogP contribution in [0.3, 0.4) is 0 Å². The molecule has 0 bridgehead atoms. The number of guanidine groups is 1. The van der Waals surface area contributed by atoms with E-state index in [-0.39, 0.29) is 24.0 Å². The van der Waals surface area contributed by atoms with E-state index in [1.165, 1.54) is 44.6 Å². The fourth-order valence-corrected chi connectivity index (χ4v) is 3.93. The van der Waals surface area contributed by atoms with Crippen LogP contribution in [0.4, 0.5) is 5.69 Å².